The van der Waals surface area contributed by atoms with E-state index in [1.54, 1.807) is 6.07 Å². The third kappa shape index (κ3) is 4.83. The van der Waals surface area contributed by atoms with E-state index in [-0.39, 0.29) is 24.4 Å². The fraction of sp³-hybridized carbons (Fsp3) is 0.278. The van der Waals surface area contributed by atoms with Gasteiger partial charge in [0, 0.05) is 19.1 Å². The number of benzene rings is 2. The highest BCUT2D eigenvalue weighted by Crippen LogP contribution is 2.36. The highest BCUT2D eigenvalue weighted by molar-refractivity contribution is 7.91. The molecule has 0 aromatic heterocycles. The Morgan fingerprint density at radius 3 is 2.23 bits per heavy atom. The molecule has 1 amide bonds. The van der Waals surface area contributed by atoms with Crippen molar-refractivity contribution in [2.45, 2.75) is 33.3 Å². The van der Waals surface area contributed by atoms with Crippen LogP contribution in [0.1, 0.15) is 12.0 Å². The summed E-state index contributed by atoms with van der Waals surface area (Å²) < 4.78 is 93.6. The van der Waals surface area contributed by atoms with Gasteiger partial charge in [0.25, 0.3) is 0 Å². The number of nitrogens with one attached hydrogen (secondary N) is 1. The molecule has 0 unspecified atom stereocenters. The number of hydrogen-bond acceptors (Lipinski definition) is 5. The van der Waals surface area contributed by atoms with Gasteiger partial charge < -0.3 is 10.0 Å². The summed E-state index contributed by atoms with van der Waals surface area (Å²) in [4.78, 5) is 9.84. The molecule has 0 bridgehead atoms. The number of amides is 1. The van der Waals surface area contributed by atoms with Gasteiger partial charge >= 0.3 is 12.3 Å². The highest BCUT2D eigenvalue weighted by Gasteiger charge is 2.39. The Kier molecular flexibility index (Phi) is 6.04. The van der Waals surface area contributed by atoms with Crippen molar-refractivity contribution in [3.8, 4) is 0 Å². The minimum atomic E-state index is -5.07. The monoisotopic (exact) mass is 478 g/mol. The maximum atomic E-state index is 13.5. The Labute approximate surface area is 176 Å². The van der Waals surface area contributed by atoms with E-state index in [0.717, 1.165) is 4.90 Å². The lowest BCUT2D eigenvalue weighted by molar-refractivity contribution is -0.139. The van der Waals surface area contributed by atoms with Crippen LogP contribution in [0.2, 0.25) is 0 Å². The second-order valence-electron chi connectivity index (χ2n) is 6.81. The summed E-state index contributed by atoms with van der Waals surface area (Å²) in [6, 6.07) is 7.49. The standard InChI is InChI=1S/C18H17F3N2O6S2/c19-18(20,21)15-7-6-14(30(26,27)13-4-2-1-3-5-13)10-16(15)31(28,29)22-12-8-9-23(11-12)17(24)25/h1-7,10,12,22H,8-9,11H2,(H,24,25)/t12-/m0/s1. The normalized spacial score (nSPS) is 17.6. The molecule has 3 rings (SSSR count). The smallest absolute Gasteiger partial charge is 0.417 e. The first-order valence-corrected chi connectivity index (χ1v) is 11.8. The van der Waals surface area contributed by atoms with Crippen LogP contribution in [0, 0.1) is 0 Å². The van der Waals surface area contributed by atoms with Crippen molar-refractivity contribution < 1.29 is 39.9 Å². The lowest BCUT2D eigenvalue weighted by atomic mass is 10.2. The second kappa shape index (κ2) is 8.13. The Morgan fingerprint density at radius 1 is 1.03 bits per heavy atom. The molecule has 13 heteroatoms. The number of likely N-dealkylation sites (tertiary alicyclic amines) is 1. The second-order valence-corrected chi connectivity index (χ2v) is 10.4. The number of sulfonamides is 1. The maximum Gasteiger partial charge on any atom is 0.417 e. The van der Waals surface area contributed by atoms with Gasteiger partial charge in [-0.25, -0.2) is 26.4 Å². The van der Waals surface area contributed by atoms with Crippen LogP contribution in [-0.4, -0.2) is 52.1 Å². The van der Waals surface area contributed by atoms with Crippen molar-refractivity contribution in [2.24, 2.45) is 0 Å². The van der Waals surface area contributed by atoms with Crippen LogP contribution in [0.5, 0.6) is 0 Å². The van der Waals surface area contributed by atoms with Crippen LogP contribution >= 0.6 is 0 Å². The number of halogens is 3. The minimum absolute atomic E-state index is 0.0110. The number of nitrogens with zero attached hydrogens (tertiary/aromatic N) is 1. The molecule has 8 nitrogen and oxygen atoms in total. The zero-order valence-corrected chi connectivity index (χ0v) is 17.3. The van der Waals surface area contributed by atoms with Crippen LogP contribution in [0.15, 0.2) is 63.2 Å². The molecule has 0 radical (unpaired) electrons. The Bertz CT molecular complexity index is 1200. The third-order valence-electron chi connectivity index (χ3n) is 4.69. The maximum absolute atomic E-state index is 13.5. The van der Waals surface area contributed by atoms with Crippen LogP contribution < -0.4 is 4.72 Å². The van der Waals surface area contributed by atoms with Crippen LogP contribution in [0.4, 0.5) is 18.0 Å². The molecular weight excluding hydrogens is 461 g/mol. The van der Waals surface area contributed by atoms with E-state index >= 15 is 0 Å². The van der Waals surface area contributed by atoms with E-state index in [0.29, 0.717) is 18.2 Å². The molecule has 0 saturated carbocycles. The van der Waals surface area contributed by atoms with Crippen LogP contribution in [0.3, 0.4) is 0 Å². The lowest BCUT2D eigenvalue weighted by Crippen LogP contribution is -2.38. The van der Waals surface area contributed by atoms with Gasteiger partial charge in [0.05, 0.1) is 20.2 Å². The van der Waals surface area contributed by atoms with E-state index in [1.165, 1.54) is 24.3 Å². The molecule has 0 aliphatic carbocycles. The van der Waals surface area contributed by atoms with E-state index < -0.39 is 53.5 Å². The lowest BCUT2D eigenvalue weighted by Gasteiger charge is -2.18. The molecule has 1 aliphatic heterocycles. The van der Waals surface area contributed by atoms with E-state index in [2.05, 4.69) is 4.72 Å². The predicted octanol–water partition coefficient (Wildman–Crippen LogP) is 2.57. The van der Waals surface area contributed by atoms with Crippen molar-refractivity contribution in [2.75, 3.05) is 13.1 Å². The van der Waals surface area contributed by atoms with Gasteiger partial charge in [-0.15, -0.1) is 0 Å². The van der Waals surface area contributed by atoms with Crippen molar-refractivity contribution >= 4 is 26.0 Å². The average Bonchev–Trinajstić information content (AvgIpc) is 3.15. The Balaban J connectivity index is 2.05. The first-order valence-electron chi connectivity index (χ1n) is 8.84. The topological polar surface area (TPSA) is 121 Å². The fourth-order valence-corrected chi connectivity index (χ4v) is 6.07. The number of rotatable bonds is 5. The molecule has 1 atom stereocenters. The molecule has 31 heavy (non-hydrogen) atoms. The molecule has 1 heterocycles. The molecule has 0 spiro atoms. The third-order valence-corrected chi connectivity index (χ3v) is 8.02. The van der Waals surface area contributed by atoms with E-state index in [1.807, 2.05) is 0 Å². The Morgan fingerprint density at radius 2 is 1.68 bits per heavy atom. The minimum Gasteiger partial charge on any atom is -0.465 e. The van der Waals surface area contributed by atoms with Gasteiger partial charge in [0.2, 0.25) is 19.9 Å². The number of alkyl halides is 3. The number of carboxylic acid groups (broad SMARTS) is 1. The molecule has 2 aromatic rings. The largest absolute Gasteiger partial charge is 0.465 e. The van der Waals surface area contributed by atoms with Gasteiger partial charge in [-0.05, 0) is 36.8 Å². The van der Waals surface area contributed by atoms with Gasteiger partial charge in [-0.3, -0.25) is 0 Å². The molecule has 1 aliphatic rings. The quantitative estimate of drug-likeness (QED) is 0.682. The van der Waals surface area contributed by atoms with Crippen LogP contribution in [0.25, 0.3) is 0 Å². The summed E-state index contributed by atoms with van der Waals surface area (Å²) in [5.41, 5.74) is -1.53. The summed E-state index contributed by atoms with van der Waals surface area (Å²) in [5, 5.41) is 8.96. The molecule has 168 valence electrons. The van der Waals surface area contributed by atoms with Crippen molar-refractivity contribution in [3.63, 3.8) is 0 Å². The van der Waals surface area contributed by atoms with Crippen molar-refractivity contribution in [1.82, 2.24) is 9.62 Å². The molecule has 1 saturated heterocycles. The van der Waals surface area contributed by atoms with E-state index in [9.17, 15) is 34.8 Å². The van der Waals surface area contributed by atoms with Crippen LogP contribution in [-0.2, 0) is 26.0 Å². The number of hydrogen-bond donors (Lipinski definition) is 2. The summed E-state index contributed by atoms with van der Waals surface area (Å²) in [7, 11) is -9.10. The summed E-state index contributed by atoms with van der Waals surface area (Å²) in [6.45, 7) is -0.227. The van der Waals surface area contributed by atoms with Gasteiger partial charge in [0.15, 0.2) is 0 Å². The fourth-order valence-electron chi connectivity index (χ4n) is 3.18. The zero-order valence-electron chi connectivity index (χ0n) is 15.7. The van der Waals surface area contributed by atoms with Gasteiger partial charge in [-0.1, -0.05) is 18.2 Å². The number of carbonyl (C=O) groups is 1. The summed E-state index contributed by atoms with van der Waals surface area (Å²) in [6.07, 6.45) is -6.29. The average molecular weight is 478 g/mol. The highest BCUT2D eigenvalue weighted by atomic mass is 32.2. The van der Waals surface area contributed by atoms with Gasteiger partial charge in [-0.2, -0.15) is 13.2 Å². The molecule has 2 N–H and O–H groups in total. The van der Waals surface area contributed by atoms with Crippen molar-refractivity contribution in [1.29, 1.82) is 0 Å². The first-order chi connectivity index (χ1) is 14.3. The SMILES string of the molecule is O=C(O)N1CC[C@H](NS(=O)(=O)c2cc(S(=O)(=O)c3ccccc3)ccc2C(F)(F)F)C1. The summed E-state index contributed by atoms with van der Waals surface area (Å²) in [5.74, 6) is 0. The molecular formula is C18H17F3N2O6S2. The van der Waals surface area contributed by atoms with Gasteiger partial charge in [0.1, 0.15) is 0 Å². The predicted molar refractivity (Wildman–Crippen MR) is 102 cm³/mol. The zero-order chi connectivity index (χ0) is 23.0. The first kappa shape index (κ1) is 23.0. The van der Waals surface area contributed by atoms with Crippen molar-refractivity contribution in [3.05, 3.63) is 54.1 Å². The Hall–Kier alpha value is -2.64. The summed E-state index contributed by atoms with van der Waals surface area (Å²) >= 11 is 0. The molecule has 2 aromatic carbocycles. The number of sulfone groups is 1. The molecule has 1 fully saturated rings. The van der Waals surface area contributed by atoms with E-state index in [4.69, 9.17) is 5.11 Å².